The molecule has 2 aliphatic heterocycles. The molecule has 0 aliphatic carbocycles. The van der Waals surface area contributed by atoms with Gasteiger partial charge in [0.15, 0.2) is 0 Å². The summed E-state index contributed by atoms with van der Waals surface area (Å²) in [5.41, 5.74) is 0.975. The van der Waals surface area contributed by atoms with Crippen LogP contribution in [0.1, 0.15) is 24.8 Å². The topological polar surface area (TPSA) is 58.4 Å². The van der Waals surface area contributed by atoms with Gasteiger partial charge in [-0.25, -0.2) is 0 Å². The lowest BCUT2D eigenvalue weighted by Gasteiger charge is -2.37. The molecule has 0 saturated carbocycles. The number of piperidine rings is 1. The number of rotatable bonds is 4. The smallest absolute Gasteiger partial charge is 0.244 e. The van der Waals surface area contributed by atoms with E-state index in [1.165, 1.54) is 5.56 Å². The first kappa shape index (κ1) is 17.8. The van der Waals surface area contributed by atoms with E-state index in [9.17, 15) is 9.59 Å². The van der Waals surface area contributed by atoms with Gasteiger partial charge in [-0.15, -0.1) is 0 Å². The van der Waals surface area contributed by atoms with E-state index < -0.39 is 0 Å². The van der Waals surface area contributed by atoms with Gasteiger partial charge in [0.05, 0.1) is 5.41 Å². The maximum Gasteiger partial charge on any atom is 0.244 e. The van der Waals surface area contributed by atoms with E-state index in [1.54, 1.807) is 17.1 Å². The Morgan fingerprint density at radius 3 is 2.59 bits per heavy atom. The molecule has 6 nitrogen and oxygen atoms in total. The Morgan fingerprint density at radius 1 is 1.19 bits per heavy atom. The summed E-state index contributed by atoms with van der Waals surface area (Å²) < 4.78 is 1.65. The van der Waals surface area contributed by atoms with Crippen molar-refractivity contribution >= 4 is 11.8 Å². The molecule has 2 saturated heterocycles. The Balaban J connectivity index is 1.38. The minimum atomic E-state index is -0.295. The maximum absolute atomic E-state index is 13.0. The lowest BCUT2D eigenvalue weighted by molar-refractivity contribution is -0.142. The second kappa shape index (κ2) is 7.18. The number of carbonyl (C=O) groups is 2. The van der Waals surface area contributed by atoms with E-state index in [2.05, 4.69) is 17.2 Å². The molecule has 2 fully saturated rings. The molecule has 0 radical (unpaired) electrons. The summed E-state index contributed by atoms with van der Waals surface area (Å²) in [6, 6.07) is 12.4. The molecule has 1 aromatic heterocycles. The molecule has 2 aromatic rings. The molecule has 0 bridgehead atoms. The molecular weight excluding hydrogens is 340 g/mol. The van der Waals surface area contributed by atoms with Crippen molar-refractivity contribution in [2.45, 2.75) is 38.3 Å². The van der Waals surface area contributed by atoms with Gasteiger partial charge in [-0.1, -0.05) is 30.3 Å². The zero-order chi connectivity index (χ0) is 18.9. The number of benzene rings is 1. The quantitative estimate of drug-likeness (QED) is 0.831. The zero-order valence-corrected chi connectivity index (χ0v) is 15.8. The Hall–Kier alpha value is -2.63. The van der Waals surface area contributed by atoms with Crippen LogP contribution in [-0.2, 0) is 22.6 Å². The summed E-state index contributed by atoms with van der Waals surface area (Å²) in [7, 11) is 1.93. The number of likely N-dealkylation sites (tertiary alicyclic amines) is 2. The fourth-order valence-corrected chi connectivity index (χ4v) is 4.55. The van der Waals surface area contributed by atoms with Crippen molar-refractivity contribution in [3.8, 4) is 0 Å². The SMILES string of the molecule is CN1C(=O)C2(CCN(C(=O)Cn3cccn3)CC2)C[C@@H]1Cc1ccccc1. The minimum absolute atomic E-state index is 0.0770. The maximum atomic E-state index is 13.0. The van der Waals surface area contributed by atoms with E-state index in [0.29, 0.717) is 13.1 Å². The summed E-state index contributed by atoms with van der Waals surface area (Å²) in [4.78, 5) is 29.3. The molecule has 0 N–H and O–H groups in total. The molecule has 142 valence electrons. The Morgan fingerprint density at radius 2 is 1.93 bits per heavy atom. The third-order valence-electron chi connectivity index (χ3n) is 6.19. The standard InChI is InChI=1S/C21H26N4O2/c1-23-18(14-17-6-3-2-4-7-17)15-21(20(23)27)8-12-24(13-9-21)19(26)16-25-11-5-10-22-25/h2-7,10-11,18H,8-9,12-16H2,1H3/t18-/m0/s1. The number of likely N-dealkylation sites (N-methyl/N-ethyl adjacent to an activating group) is 1. The summed E-state index contributed by atoms with van der Waals surface area (Å²) >= 11 is 0. The molecule has 27 heavy (non-hydrogen) atoms. The van der Waals surface area contributed by atoms with Gasteiger partial charge in [-0.05, 0) is 37.3 Å². The molecule has 1 spiro atoms. The van der Waals surface area contributed by atoms with Crippen molar-refractivity contribution in [1.29, 1.82) is 0 Å². The first-order valence-corrected chi connectivity index (χ1v) is 9.64. The monoisotopic (exact) mass is 366 g/mol. The van der Waals surface area contributed by atoms with Gasteiger partial charge in [0.2, 0.25) is 11.8 Å². The van der Waals surface area contributed by atoms with Crippen molar-refractivity contribution in [3.63, 3.8) is 0 Å². The van der Waals surface area contributed by atoms with E-state index in [-0.39, 0.29) is 29.8 Å². The average Bonchev–Trinajstić information content (AvgIpc) is 3.27. The van der Waals surface area contributed by atoms with Crippen molar-refractivity contribution in [3.05, 3.63) is 54.4 Å². The van der Waals surface area contributed by atoms with Crippen LogP contribution in [0, 0.1) is 5.41 Å². The molecule has 3 heterocycles. The highest BCUT2D eigenvalue weighted by Gasteiger charge is 2.51. The van der Waals surface area contributed by atoms with Crippen LogP contribution in [0.4, 0.5) is 0 Å². The Labute approximate surface area is 159 Å². The van der Waals surface area contributed by atoms with Crippen molar-refractivity contribution in [1.82, 2.24) is 19.6 Å². The first-order chi connectivity index (χ1) is 13.1. The highest BCUT2D eigenvalue weighted by atomic mass is 16.2. The summed E-state index contributed by atoms with van der Waals surface area (Å²) in [5, 5.41) is 4.10. The average molecular weight is 366 g/mol. The first-order valence-electron chi connectivity index (χ1n) is 9.64. The predicted molar refractivity (Wildman–Crippen MR) is 102 cm³/mol. The molecular formula is C21H26N4O2. The van der Waals surface area contributed by atoms with Gasteiger partial charge in [0.1, 0.15) is 6.54 Å². The third kappa shape index (κ3) is 3.48. The van der Waals surface area contributed by atoms with E-state index >= 15 is 0 Å². The predicted octanol–water partition coefficient (Wildman–Crippen LogP) is 1.97. The summed E-state index contributed by atoms with van der Waals surface area (Å²) in [5.74, 6) is 0.329. The third-order valence-corrected chi connectivity index (χ3v) is 6.19. The van der Waals surface area contributed by atoms with Gasteiger partial charge < -0.3 is 9.80 Å². The minimum Gasteiger partial charge on any atom is -0.342 e. The highest BCUT2D eigenvalue weighted by molar-refractivity contribution is 5.86. The van der Waals surface area contributed by atoms with Crippen LogP contribution in [0.5, 0.6) is 0 Å². The number of nitrogens with zero attached hydrogens (tertiary/aromatic N) is 4. The number of amides is 2. The van der Waals surface area contributed by atoms with Crippen molar-refractivity contribution in [2.24, 2.45) is 5.41 Å². The van der Waals surface area contributed by atoms with Crippen LogP contribution in [0.2, 0.25) is 0 Å². The normalized spacial score (nSPS) is 21.8. The molecule has 1 aromatic carbocycles. The molecule has 2 amide bonds. The van der Waals surface area contributed by atoms with Crippen LogP contribution in [0.15, 0.2) is 48.8 Å². The molecule has 1 atom stereocenters. The lowest BCUT2D eigenvalue weighted by Crippen LogP contribution is -2.47. The van der Waals surface area contributed by atoms with Crippen molar-refractivity contribution < 1.29 is 9.59 Å². The number of carbonyl (C=O) groups excluding carboxylic acids is 2. The summed E-state index contributed by atoms with van der Waals surface area (Å²) in [6.07, 6.45) is 6.77. The van der Waals surface area contributed by atoms with Gasteiger partial charge in [-0.3, -0.25) is 14.3 Å². The lowest BCUT2D eigenvalue weighted by atomic mass is 9.75. The van der Waals surface area contributed by atoms with Gasteiger partial charge in [-0.2, -0.15) is 5.10 Å². The molecule has 0 unspecified atom stereocenters. The molecule has 6 heteroatoms. The highest BCUT2D eigenvalue weighted by Crippen LogP contribution is 2.44. The van der Waals surface area contributed by atoms with E-state index in [1.807, 2.05) is 41.1 Å². The fourth-order valence-electron chi connectivity index (χ4n) is 4.55. The number of hydrogen-bond acceptors (Lipinski definition) is 3. The summed E-state index contributed by atoms with van der Waals surface area (Å²) in [6.45, 7) is 1.57. The Bertz CT molecular complexity index is 795. The Kier molecular flexibility index (Phi) is 4.72. The van der Waals surface area contributed by atoms with E-state index in [0.717, 1.165) is 25.7 Å². The fraction of sp³-hybridized carbons (Fsp3) is 0.476. The van der Waals surface area contributed by atoms with E-state index in [4.69, 9.17) is 0 Å². The second-order valence-electron chi connectivity index (χ2n) is 7.83. The van der Waals surface area contributed by atoms with Gasteiger partial charge in [0.25, 0.3) is 0 Å². The van der Waals surface area contributed by atoms with Crippen LogP contribution in [-0.4, -0.2) is 57.6 Å². The zero-order valence-electron chi connectivity index (χ0n) is 15.8. The van der Waals surface area contributed by atoms with Gasteiger partial charge >= 0.3 is 0 Å². The van der Waals surface area contributed by atoms with Crippen LogP contribution < -0.4 is 0 Å². The molecule has 4 rings (SSSR count). The largest absolute Gasteiger partial charge is 0.342 e. The number of aromatic nitrogens is 2. The van der Waals surface area contributed by atoms with Crippen molar-refractivity contribution in [2.75, 3.05) is 20.1 Å². The molecule has 2 aliphatic rings. The van der Waals surface area contributed by atoms with Crippen LogP contribution >= 0.6 is 0 Å². The van der Waals surface area contributed by atoms with Crippen LogP contribution in [0.25, 0.3) is 0 Å². The van der Waals surface area contributed by atoms with Crippen LogP contribution in [0.3, 0.4) is 0 Å². The number of hydrogen-bond donors (Lipinski definition) is 0. The van der Waals surface area contributed by atoms with Gasteiger partial charge in [0, 0.05) is 38.6 Å². The second-order valence-corrected chi connectivity index (χ2v) is 7.83.